The molecule has 0 aliphatic rings. The number of rotatable bonds is 3. The van der Waals surface area contributed by atoms with Gasteiger partial charge in [0.2, 0.25) is 0 Å². The average Bonchev–Trinajstić information content (AvgIpc) is 2.71. The summed E-state index contributed by atoms with van der Waals surface area (Å²) in [4.78, 5) is 0. The van der Waals surface area contributed by atoms with Crippen molar-refractivity contribution in [3.63, 3.8) is 0 Å². The molecule has 0 bridgehead atoms. The summed E-state index contributed by atoms with van der Waals surface area (Å²) in [5, 5.41) is 9.67. The lowest BCUT2D eigenvalue weighted by Gasteiger charge is -2.03. The van der Waals surface area contributed by atoms with Gasteiger partial charge in [-0.2, -0.15) is 5.10 Å². The summed E-state index contributed by atoms with van der Waals surface area (Å²) in [6, 6.07) is 3.81. The number of aromatic nitrogens is 2. The summed E-state index contributed by atoms with van der Waals surface area (Å²) >= 11 is 0. The van der Waals surface area contributed by atoms with Crippen molar-refractivity contribution in [1.82, 2.24) is 15.5 Å². The number of H-pyrrole nitrogens is 1. The highest BCUT2D eigenvalue weighted by Crippen LogP contribution is 2.23. The molecule has 3 nitrogen and oxygen atoms in total. The van der Waals surface area contributed by atoms with Crippen molar-refractivity contribution < 1.29 is 8.78 Å². The van der Waals surface area contributed by atoms with Crippen molar-refractivity contribution in [3.8, 4) is 11.1 Å². The van der Waals surface area contributed by atoms with Gasteiger partial charge in [-0.15, -0.1) is 0 Å². The lowest BCUT2D eigenvalue weighted by molar-refractivity contribution is 0.509. The lowest BCUT2D eigenvalue weighted by atomic mass is 10.1. The highest BCUT2D eigenvalue weighted by Gasteiger charge is 2.09. The lowest BCUT2D eigenvalue weighted by Crippen LogP contribution is -2.06. The van der Waals surface area contributed by atoms with Gasteiger partial charge < -0.3 is 5.32 Å². The number of halogens is 2. The van der Waals surface area contributed by atoms with Gasteiger partial charge in [0, 0.05) is 12.1 Å². The standard InChI is InChI=1S/C11H11F2N3/c1-14-6-11-8(5-15-16-11)7-2-3-9(12)10(13)4-7/h2-5,14H,6H2,1H3,(H,15,16). The van der Waals surface area contributed by atoms with E-state index >= 15 is 0 Å². The minimum Gasteiger partial charge on any atom is -0.314 e. The number of nitrogens with zero attached hydrogens (tertiary/aromatic N) is 1. The van der Waals surface area contributed by atoms with Crippen molar-refractivity contribution in [2.45, 2.75) is 6.54 Å². The van der Waals surface area contributed by atoms with Crippen LogP contribution in [0.1, 0.15) is 5.69 Å². The van der Waals surface area contributed by atoms with Crippen molar-refractivity contribution >= 4 is 0 Å². The highest BCUT2D eigenvalue weighted by molar-refractivity contribution is 5.65. The number of aromatic amines is 1. The second kappa shape index (κ2) is 4.40. The molecule has 0 atom stereocenters. The van der Waals surface area contributed by atoms with Gasteiger partial charge in [-0.1, -0.05) is 6.07 Å². The second-order valence-corrected chi connectivity index (χ2v) is 3.42. The summed E-state index contributed by atoms with van der Waals surface area (Å²) in [7, 11) is 1.80. The molecule has 0 fully saturated rings. The maximum Gasteiger partial charge on any atom is 0.159 e. The molecular weight excluding hydrogens is 212 g/mol. The molecule has 0 saturated heterocycles. The molecule has 0 aliphatic heterocycles. The minimum absolute atomic E-state index is 0.592. The van der Waals surface area contributed by atoms with Gasteiger partial charge in [-0.05, 0) is 24.7 Å². The first-order chi connectivity index (χ1) is 7.72. The summed E-state index contributed by atoms with van der Waals surface area (Å²) in [6.07, 6.45) is 1.60. The third-order valence-electron chi connectivity index (χ3n) is 2.30. The van der Waals surface area contributed by atoms with Crippen molar-refractivity contribution in [3.05, 3.63) is 41.7 Å². The molecule has 0 saturated carbocycles. The van der Waals surface area contributed by atoms with Crippen LogP contribution in [0.25, 0.3) is 11.1 Å². The summed E-state index contributed by atoms with van der Waals surface area (Å²) < 4.78 is 25.8. The summed E-state index contributed by atoms with van der Waals surface area (Å²) in [5.41, 5.74) is 2.22. The van der Waals surface area contributed by atoms with E-state index < -0.39 is 11.6 Å². The molecule has 0 unspecified atom stereocenters. The molecule has 0 aliphatic carbocycles. The Morgan fingerprint density at radius 1 is 1.31 bits per heavy atom. The first-order valence-electron chi connectivity index (χ1n) is 4.84. The Kier molecular flexibility index (Phi) is 2.96. The maximum absolute atomic E-state index is 13.1. The van der Waals surface area contributed by atoms with Crippen LogP contribution >= 0.6 is 0 Å². The fourth-order valence-electron chi connectivity index (χ4n) is 1.54. The number of hydrogen-bond acceptors (Lipinski definition) is 2. The Morgan fingerprint density at radius 2 is 2.12 bits per heavy atom. The molecule has 5 heteroatoms. The number of benzene rings is 1. The van der Waals surface area contributed by atoms with Crippen LogP contribution in [0, 0.1) is 11.6 Å². The Balaban J connectivity index is 2.42. The molecule has 2 N–H and O–H groups in total. The third kappa shape index (κ3) is 1.94. The molecule has 84 valence electrons. The topological polar surface area (TPSA) is 40.7 Å². The van der Waals surface area contributed by atoms with E-state index in [0.29, 0.717) is 12.1 Å². The highest BCUT2D eigenvalue weighted by atomic mass is 19.2. The van der Waals surface area contributed by atoms with Crippen LogP contribution in [-0.4, -0.2) is 17.2 Å². The Labute approximate surface area is 91.5 Å². The second-order valence-electron chi connectivity index (χ2n) is 3.42. The molecule has 2 rings (SSSR count). The molecule has 0 radical (unpaired) electrons. The van der Waals surface area contributed by atoms with E-state index in [2.05, 4.69) is 15.5 Å². The fourth-order valence-corrected chi connectivity index (χ4v) is 1.54. The largest absolute Gasteiger partial charge is 0.314 e. The van der Waals surface area contributed by atoms with Crippen LogP contribution in [0.4, 0.5) is 8.78 Å². The molecule has 2 aromatic rings. The smallest absolute Gasteiger partial charge is 0.159 e. The number of hydrogen-bond donors (Lipinski definition) is 2. The number of nitrogens with one attached hydrogen (secondary N) is 2. The van der Waals surface area contributed by atoms with E-state index in [9.17, 15) is 8.78 Å². The fraction of sp³-hybridized carbons (Fsp3) is 0.182. The first kappa shape index (κ1) is 10.8. The Hall–Kier alpha value is -1.75. The zero-order chi connectivity index (χ0) is 11.5. The maximum atomic E-state index is 13.1. The van der Waals surface area contributed by atoms with Gasteiger partial charge in [-0.25, -0.2) is 8.78 Å². The van der Waals surface area contributed by atoms with Gasteiger partial charge in [0.25, 0.3) is 0 Å². The summed E-state index contributed by atoms with van der Waals surface area (Å²) in [5.74, 6) is -1.70. The molecular formula is C11H11F2N3. The molecule has 1 aromatic heterocycles. The van der Waals surface area contributed by atoms with E-state index in [1.54, 1.807) is 13.2 Å². The third-order valence-corrected chi connectivity index (χ3v) is 2.30. The van der Waals surface area contributed by atoms with Gasteiger partial charge in [0.1, 0.15) is 0 Å². The first-order valence-corrected chi connectivity index (χ1v) is 4.84. The van der Waals surface area contributed by atoms with E-state index in [1.165, 1.54) is 12.1 Å². The summed E-state index contributed by atoms with van der Waals surface area (Å²) in [6.45, 7) is 0.592. The predicted molar refractivity (Wildman–Crippen MR) is 56.7 cm³/mol. The monoisotopic (exact) mass is 223 g/mol. The Bertz CT molecular complexity index is 494. The van der Waals surface area contributed by atoms with E-state index in [4.69, 9.17) is 0 Å². The minimum atomic E-state index is -0.853. The predicted octanol–water partition coefficient (Wildman–Crippen LogP) is 2.07. The molecule has 16 heavy (non-hydrogen) atoms. The molecule has 1 aromatic carbocycles. The SMILES string of the molecule is CNCc1[nH]ncc1-c1ccc(F)c(F)c1. The van der Waals surface area contributed by atoms with Crippen LogP contribution in [0.15, 0.2) is 24.4 Å². The zero-order valence-electron chi connectivity index (χ0n) is 8.72. The van der Waals surface area contributed by atoms with Gasteiger partial charge >= 0.3 is 0 Å². The molecule has 0 spiro atoms. The van der Waals surface area contributed by atoms with E-state index in [-0.39, 0.29) is 0 Å². The quantitative estimate of drug-likeness (QED) is 0.836. The van der Waals surface area contributed by atoms with Crippen LogP contribution < -0.4 is 5.32 Å². The van der Waals surface area contributed by atoms with Crippen LogP contribution in [0.5, 0.6) is 0 Å². The van der Waals surface area contributed by atoms with Crippen LogP contribution in [0.3, 0.4) is 0 Å². The van der Waals surface area contributed by atoms with Crippen molar-refractivity contribution in [2.24, 2.45) is 0 Å². The Morgan fingerprint density at radius 3 is 2.81 bits per heavy atom. The van der Waals surface area contributed by atoms with Crippen LogP contribution in [-0.2, 0) is 6.54 Å². The van der Waals surface area contributed by atoms with Crippen molar-refractivity contribution in [2.75, 3.05) is 7.05 Å². The molecule has 1 heterocycles. The van der Waals surface area contributed by atoms with Gasteiger partial charge in [-0.3, -0.25) is 5.10 Å². The van der Waals surface area contributed by atoms with E-state index in [1.807, 2.05) is 0 Å². The van der Waals surface area contributed by atoms with Crippen molar-refractivity contribution in [1.29, 1.82) is 0 Å². The molecule has 0 amide bonds. The van der Waals surface area contributed by atoms with Gasteiger partial charge in [0.15, 0.2) is 11.6 Å². The average molecular weight is 223 g/mol. The zero-order valence-corrected chi connectivity index (χ0v) is 8.72. The normalized spacial score (nSPS) is 10.7. The van der Waals surface area contributed by atoms with Gasteiger partial charge in [0.05, 0.1) is 11.9 Å². The van der Waals surface area contributed by atoms with E-state index in [0.717, 1.165) is 17.3 Å². The van der Waals surface area contributed by atoms with Crippen LogP contribution in [0.2, 0.25) is 0 Å².